The first-order valence-electron chi connectivity index (χ1n) is 23.0. The van der Waals surface area contributed by atoms with Crippen LogP contribution in [0, 0.1) is 23.1 Å². The summed E-state index contributed by atoms with van der Waals surface area (Å²) in [5.41, 5.74) is 1.26. The van der Waals surface area contributed by atoms with Crippen molar-refractivity contribution in [3.63, 3.8) is 0 Å². The van der Waals surface area contributed by atoms with E-state index in [1.165, 1.54) is 11.0 Å². The van der Waals surface area contributed by atoms with E-state index < -0.39 is 40.7 Å². The smallest absolute Gasteiger partial charge is 0.255 e. The minimum atomic E-state index is -1.34. The highest BCUT2D eigenvalue weighted by Gasteiger charge is 2.73. The van der Waals surface area contributed by atoms with Gasteiger partial charge in [0, 0.05) is 78.4 Å². The predicted octanol–water partition coefficient (Wildman–Crippen LogP) is 5.71. The fraction of sp³-hybridized carbons (Fsp3) is 0.480. The zero-order chi connectivity index (χ0) is 46.5. The van der Waals surface area contributed by atoms with Crippen LogP contribution in [0.4, 0.5) is 10.1 Å². The standard InChI is InChI=1S/C50H54Cl2FN7O6/c1-48(2)19-21-49(22-20-48)50(35-14-13-30(51)26-37(35)56-47(50)66)41(33-11-7-12-36(52)42(33)53)43(58-49)45(64)55-31-17-24-59(25-18-31)28-40(62)54-23-5-3-4-8-29-9-6-10-32-34(29)27-60(46(32)65)38-15-16-39(61)57-44(38)63/h6-7,9-14,26,31,38,41,43,58H,3,5,15-25,27-28H2,1-2H3,(H,54,62)(H,55,64)(H,56,66)(H,57,61,63)/t38?,41-,43+,50+/m0/s1. The number of carbonyl (C=O) groups excluding carboxylic acids is 6. The molecule has 0 aromatic heterocycles. The number of nitrogens with one attached hydrogen (secondary N) is 5. The molecule has 346 valence electrons. The minimum absolute atomic E-state index is 0.0181. The number of amides is 6. The topological polar surface area (TPSA) is 169 Å². The van der Waals surface area contributed by atoms with Gasteiger partial charge in [-0.3, -0.25) is 44.3 Å². The maximum absolute atomic E-state index is 16.4. The molecule has 3 aromatic carbocycles. The average Bonchev–Trinajstić information content (AvgIpc) is 3.88. The first kappa shape index (κ1) is 45.8. The normalized spacial score (nSPS) is 25.5. The van der Waals surface area contributed by atoms with Crippen molar-refractivity contribution in [3.05, 3.63) is 98.3 Å². The zero-order valence-electron chi connectivity index (χ0n) is 37.1. The number of benzene rings is 3. The number of hydrogen-bond donors (Lipinski definition) is 5. The van der Waals surface area contributed by atoms with Gasteiger partial charge < -0.3 is 20.9 Å². The maximum Gasteiger partial charge on any atom is 0.255 e. The molecule has 6 amide bonds. The quantitative estimate of drug-likeness (QED) is 0.103. The van der Waals surface area contributed by atoms with Gasteiger partial charge in [0.05, 0.1) is 17.6 Å². The monoisotopic (exact) mass is 937 g/mol. The van der Waals surface area contributed by atoms with Gasteiger partial charge in [-0.25, -0.2) is 4.39 Å². The summed E-state index contributed by atoms with van der Waals surface area (Å²) in [6.07, 6.45) is 5.61. The van der Waals surface area contributed by atoms with Crippen molar-refractivity contribution in [1.29, 1.82) is 0 Å². The molecule has 5 N–H and O–H groups in total. The van der Waals surface area contributed by atoms with Gasteiger partial charge in [0.1, 0.15) is 17.3 Å². The lowest BCUT2D eigenvalue weighted by molar-refractivity contribution is -0.137. The second-order valence-electron chi connectivity index (χ2n) is 19.5. The Labute approximate surface area is 393 Å². The second-order valence-corrected chi connectivity index (χ2v) is 20.3. The molecule has 0 radical (unpaired) electrons. The molecule has 4 fully saturated rings. The Morgan fingerprint density at radius 1 is 0.939 bits per heavy atom. The molecule has 1 saturated carbocycles. The number of hydrogen-bond acceptors (Lipinski definition) is 8. The van der Waals surface area contributed by atoms with Crippen molar-refractivity contribution in [1.82, 2.24) is 31.1 Å². The first-order chi connectivity index (χ1) is 31.6. The van der Waals surface area contributed by atoms with Crippen LogP contribution in [-0.2, 0) is 35.9 Å². The number of halogens is 3. The third kappa shape index (κ3) is 8.26. The van der Waals surface area contributed by atoms with Gasteiger partial charge >= 0.3 is 0 Å². The van der Waals surface area contributed by atoms with Crippen molar-refractivity contribution in [2.45, 2.75) is 120 Å². The molecule has 13 nitrogen and oxygen atoms in total. The lowest BCUT2D eigenvalue weighted by Crippen LogP contribution is -2.61. The van der Waals surface area contributed by atoms with Gasteiger partial charge in [-0.1, -0.05) is 73.2 Å². The molecule has 0 bridgehead atoms. The Morgan fingerprint density at radius 2 is 1.70 bits per heavy atom. The fourth-order valence-corrected chi connectivity index (χ4v) is 11.8. The van der Waals surface area contributed by atoms with Crippen molar-refractivity contribution >= 4 is 64.3 Å². The van der Waals surface area contributed by atoms with E-state index >= 15 is 4.39 Å². The Bertz CT molecular complexity index is 2580. The van der Waals surface area contributed by atoms with Gasteiger partial charge in [-0.05, 0) is 104 Å². The number of likely N-dealkylation sites (tertiary alicyclic amines) is 1. The molecule has 1 unspecified atom stereocenters. The summed E-state index contributed by atoms with van der Waals surface area (Å²) in [5.74, 6) is 3.00. The van der Waals surface area contributed by atoms with Gasteiger partial charge in [0.15, 0.2) is 0 Å². The van der Waals surface area contributed by atoms with Crippen molar-refractivity contribution in [3.8, 4) is 11.8 Å². The summed E-state index contributed by atoms with van der Waals surface area (Å²) in [4.78, 5) is 83.3. The first-order valence-corrected chi connectivity index (χ1v) is 23.7. The lowest BCUT2D eigenvalue weighted by Gasteiger charge is -2.50. The van der Waals surface area contributed by atoms with Crippen molar-refractivity contribution in [2.24, 2.45) is 5.41 Å². The Balaban J connectivity index is 0.805. The highest BCUT2D eigenvalue weighted by Crippen LogP contribution is 2.64. The molecular formula is C50H54Cl2FN7O6. The van der Waals surface area contributed by atoms with Gasteiger partial charge in [-0.15, -0.1) is 0 Å². The second kappa shape index (κ2) is 18.1. The van der Waals surface area contributed by atoms with Gasteiger partial charge in [0.2, 0.25) is 29.5 Å². The Hall–Kier alpha value is -5.33. The summed E-state index contributed by atoms with van der Waals surface area (Å²) in [7, 11) is 0. The van der Waals surface area contributed by atoms with E-state index in [-0.39, 0.29) is 71.1 Å². The number of imide groups is 1. The van der Waals surface area contributed by atoms with Crippen LogP contribution in [-0.4, -0.2) is 95.1 Å². The molecule has 3 saturated heterocycles. The Kier molecular flexibility index (Phi) is 12.5. The van der Waals surface area contributed by atoms with Crippen LogP contribution in [0.15, 0.2) is 54.6 Å². The van der Waals surface area contributed by atoms with Gasteiger partial charge in [-0.2, -0.15) is 0 Å². The van der Waals surface area contributed by atoms with Crippen LogP contribution in [0.5, 0.6) is 0 Å². The molecular weight excluding hydrogens is 884 g/mol. The highest BCUT2D eigenvalue weighted by atomic mass is 35.5. The summed E-state index contributed by atoms with van der Waals surface area (Å²) in [6.45, 7) is 6.48. The molecule has 9 rings (SSSR count). The van der Waals surface area contributed by atoms with Crippen molar-refractivity contribution in [2.75, 3.05) is 31.5 Å². The van der Waals surface area contributed by atoms with E-state index in [4.69, 9.17) is 23.2 Å². The molecule has 6 aliphatic rings. The van der Waals surface area contributed by atoms with Crippen LogP contribution in [0.25, 0.3) is 0 Å². The van der Waals surface area contributed by atoms with E-state index in [0.29, 0.717) is 92.0 Å². The Morgan fingerprint density at radius 3 is 2.45 bits per heavy atom. The van der Waals surface area contributed by atoms with E-state index in [2.05, 4.69) is 57.2 Å². The van der Waals surface area contributed by atoms with Crippen LogP contribution >= 0.6 is 23.2 Å². The molecule has 16 heteroatoms. The number of piperidine rings is 2. The SMILES string of the molecule is CC1(C)CCC2(CC1)N[C@@H](C(=O)NC1CCN(CC(=O)NCCCC#Cc3cccc4c3CN(C3CCC(=O)NC3=O)C4=O)CC1)[C@H](c1cccc(Cl)c1F)[C@]21C(=O)Nc2cc(Cl)ccc21. The molecule has 5 heterocycles. The number of rotatable bonds is 9. The summed E-state index contributed by atoms with van der Waals surface area (Å²) in [6, 6.07) is 13.6. The number of anilines is 1. The van der Waals surface area contributed by atoms with Gasteiger partial charge in [0.25, 0.3) is 5.91 Å². The van der Waals surface area contributed by atoms with Crippen LogP contribution < -0.4 is 26.6 Å². The molecule has 5 aliphatic heterocycles. The third-order valence-electron chi connectivity index (χ3n) is 15.0. The van der Waals surface area contributed by atoms with E-state index in [0.717, 1.165) is 18.4 Å². The predicted molar refractivity (Wildman–Crippen MR) is 247 cm³/mol. The third-order valence-corrected chi connectivity index (χ3v) is 15.5. The minimum Gasteiger partial charge on any atom is -0.355 e. The van der Waals surface area contributed by atoms with E-state index in [9.17, 15) is 28.8 Å². The summed E-state index contributed by atoms with van der Waals surface area (Å²) < 4.78 is 16.4. The molecule has 2 spiro atoms. The van der Waals surface area contributed by atoms with Crippen LogP contribution in [0.1, 0.15) is 117 Å². The fourth-order valence-electron chi connectivity index (χ4n) is 11.5. The van der Waals surface area contributed by atoms with E-state index in [1.807, 2.05) is 12.1 Å². The highest BCUT2D eigenvalue weighted by molar-refractivity contribution is 6.31. The largest absolute Gasteiger partial charge is 0.355 e. The summed E-state index contributed by atoms with van der Waals surface area (Å²) >= 11 is 12.9. The molecule has 66 heavy (non-hydrogen) atoms. The number of nitrogens with zero attached hydrogens (tertiary/aromatic N) is 2. The molecule has 3 aromatic rings. The number of fused-ring (bicyclic) bond motifs is 4. The molecule has 1 aliphatic carbocycles. The van der Waals surface area contributed by atoms with E-state index in [1.54, 1.807) is 36.4 Å². The lowest BCUT2D eigenvalue weighted by atomic mass is 9.53. The molecule has 4 atom stereocenters. The number of unbranched alkanes of at least 4 members (excludes halogenated alkanes) is 1. The maximum atomic E-state index is 16.4. The average molecular weight is 939 g/mol. The number of carbonyl (C=O) groups is 6. The van der Waals surface area contributed by atoms with Crippen LogP contribution in [0.2, 0.25) is 10.0 Å². The zero-order valence-corrected chi connectivity index (χ0v) is 38.6. The van der Waals surface area contributed by atoms with Crippen LogP contribution in [0.3, 0.4) is 0 Å². The van der Waals surface area contributed by atoms with Crippen molar-refractivity contribution < 1.29 is 33.2 Å². The summed E-state index contributed by atoms with van der Waals surface area (Å²) in [5, 5.41) is 15.8.